The lowest BCUT2D eigenvalue weighted by molar-refractivity contribution is 0.768. The molecule has 4 heteroatoms. The number of aromatic nitrogens is 3. The van der Waals surface area contributed by atoms with Gasteiger partial charge in [-0.25, -0.2) is 15.0 Å². The van der Waals surface area contributed by atoms with E-state index < -0.39 is 5.41 Å². The van der Waals surface area contributed by atoms with E-state index >= 15 is 0 Å². The highest BCUT2D eigenvalue weighted by Crippen LogP contribution is 2.57. The molecule has 1 heterocycles. The van der Waals surface area contributed by atoms with Crippen molar-refractivity contribution in [2.45, 2.75) is 5.41 Å². The molecule has 0 fully saturated rings. The number of fused-ring (bicyclic) bond motifs is 6. The lowest BCUT2D eigenvalue weighted by atomic mass is 9.67. The third-order valence-corrected chi connectivity index (χ3v) is 11.8. The molecule has 0 saturated carbocycles. The molecule has 0 unspecified atom stereocenters. The Labute approximate surface area is 342 Å². The SMILES string of the molecule is N#Cc1ccc2c(ccc3cc(-c4ccc5c(c4)-c4cc(-c6nc(-c7ccccc7)nc(-c7ccccc7)n6)ccc4C5(c4ccccc4)c4ccccc4)ccc32)c1. The molecule has 1 aliphatic rings. The third kappa shape index (κ3) is 5.63. The van der Waals surface area contributed by atoms with Crippen LogP contribution in [0.3, 0.4) is 0 Å². The number of hydrogen-bond donors (Lipinski definition) is 0. The Hall–Kier alpha value is -8.00. The van der Waals surface area contributed by atoms with Crippen LogP contribution in [0.4, 0.5) is 0 Å². The topological polar surface area (TPSA) is 62.5 Å². The van der Waals surface area contributed by atoms with Crippen molar-refractivity contribution in [3.8, 4) is 62.5 Å². The molecule has 0 amide bonds. The van der Waals surface area contributed by atoms with E-state index in [1.165, 1.54) is 33.2 Å². The van der Waals surface area contributed by atoms with Crippen LogP contribution < -0.4 is 0 Å². The minimum Gasteiger partial charge on any atom is -0.208 e. The van der Waals surface area contributed by atoms with Gasteiger partial charge in [-0.05, 0) is 96.4 Å². The average molecular weight is 751 g/mol. The molecule has 0 bridgehead atoms. The number of nitriles is 1. The highest BCUT2D eigenvalue weighted by Gasteiger charge is 2.46. The van der Waals surface area contributed by atoms with Gasteiger partial charge in [-0.3, -0.25) is 0 Å². The molecule has 11 rings (SSSR count). The fourth-order valence-corrected chi connectivity index (χ4v) is 9.08. The van der Waals surface area contributed by atoms with Gasteiger partial charge in [-0.15, -0.1) is 0 Å². The number of nitrogens with zero attached hydrogens (tertiary/aromatic N) is 4. The van der Waals surface area contributed by atoms with Gasteiger partial charge in [0, 0.05) is 16.7 Å². The Kier molecular flexibility index (Phi) is 8.06. The normalized spacial score (nSPS) is 12.5. The Morgan fingerprint density at radius 3 is 1.32 bits per heavy atom. The van der Waals surface area contributed by atoms with Crippen molar-refractivity contribution in [2.75, 3.05) is 0 Å². The van der Waals surface area contributed by atoms with Gasteiger partial charge in [0.1, 0.15) is 0 Å². The van der Waals surface area contributed by atoms with Gasteiger partial charge in [0.05, 0.1) is 17.0 Å². The second-order valence-electron chi connectivity index (χ2n) is 15.1. The summed E-state index contributed by atoms with van der Waals surface area (Å²) in [6.07, 6.45) is 0. The van der Waals surface area contributed by atoms with Gasteiger partial charge in [-0.1, -0.05) is 176 Å². The van der Waals surface area contributed by atoms with Crippen LogP contribution in [-0.2, 0) is 5.41 Å². The zero-order valence-corrected chi connectivity index (χ0v) is 31.9. The van der Waals surface area contributed by atoms with E-state index in [4.69, 9.17) is 15.0 Å². The summed E-state index contributed by atoms with van der Waals surface area (Å²) in [6.45, 7) is 0. The van der Waals surface area contributed by atoms with Gasteiger partial charge in [0.15, 0.2) is 17.5 Å². The molecule has 9 aromatic carbocycles. The molecule has 0 saturated heterocycles. The summed E-state index contributed by atoms with van der Waals surface area (Å²) in [4.78, 5) is 15.2. The zero-order valence-electron chi connectivity index (χ0n) is 31.9. The number of hydrogen-bond acceptors (Lipinski definition) is 4. The maximum atomic E-state index is 9.49. The number of rotatable bonds is 6. The summed E-state index contributed by atoms with van der Waals surface area (Å²) in [6, 6.07) is 74.9. The molecule has 274 valence electrons. The van der Waals surface area contributed by atoms with E-state index in [9.17, 15) is 5.26 Å². The van der Waals surface area contributed by atoms with E-state index in [1.54, 1.807) is 0 Å². The van der Waals surface area contributed by atoms with Crippen molar-refractivity contribution in [1.29, 1.82) is 5.26 Å². The van der Waals surface area contributed by atoms with E-state index in [1.807, 2.05) is 72.8 Å². The quantitative estimate of drug-likeness (QED) is 0.159. The molecule has 0 spiro atoms. The summed E-state index contributed by atoms with van der Waals surface area (Å²) >= 11 is 0. The average Bonchev–Trinajstić information content (AvgIpc) is 3.62. The smallest absolute Gasteiger partial charge is 0.164 e. The lowest BCUT2D eigenvalue weighted by Gasteiger charge is -2.34. The molecule has 1 aliphatic carbocycles. The Morgan fingerprint density at radius 2 is 0.780 bits per heavy atom. The lowest BCUT2D eigenvalue weighted by Crippen LogP contribution is -2.28. The van der Waals surface area contributed by atoms with Crippen LogP contribution in [0.1, 0.15) is 27.8 Å². The largest absolute Gasteiger partial charge is 0.208 e. The maximum absolute atomic E-state index is 9.49. The van der Waals surface area contributed by atoms with Crippen LogP contribution in [0.15, 0.2) is 206 Å². The van der Waals surface area contributed by atoms with Crippen molar-refractivity contribution in [2.24, 2.45) is 0 Å². The first-order chi connectivity index (χ1) is 29.2. The van der Waals surface area contributed by atoms with E-state index in [2.05, 4.69) is 140 Å². The van der Waals surface area contributed by atoms with Crippen LogP contribution in [-0.4, -0.2) is 15.0 Å². The Morgan fingerprint density at radius 1 is 0.356 bits per heavy atom. The van der Waals surface area contributed by atoms with Crippen molar-refractivity contribution in [3.05, 3.63) is 234 Å². The molecule has 0 aliphatic heterocycles. The van der Waals surface area contributed by atoms with Crippen LogP contribution in [0, 0.1) is 11.3 Å². The summed E-state index contributed by atoms with van der Waals surface area (Å²) in [5.41, 5.74) is 12.4. The monoisotopic (exact) mass is 750 g/mol. The Bertz CT molecular complexity index is 3170. The fourth-order valence-electron chi connectivity index (χ4n) is 9.08. The first-order valence-corrected chi connectivity index (χ1v) is 19.8. The molecule has 4 nitrogen and oxygen atoms in total. The first-order valence-electron chi connectivity index (χ1n) is 19.8. The third-order valence-electron chi connectivity index (χ3n) is 11.8. The van der Waals surface area contributed by atoms with Gasteiger partial charge in [-0.2, -0.15) is 5.26 Å². The molecule has 1 aromatic heterocycles. The fraction of sp³-hybridized carbons (Fsp3) is 0.0182. The highest BCUT2D eigenvalue weighted by atomic mass is 15.0. The zero-order chi connectivity index (χ0) is 39.3. The second-order valence-corrected chi connectivity index (χ2v) is 15.1. The maximum Gasteiger partial charge on any atom is 0.164 e. The molecular weight excluding hydrogens is 717 g/mol. The molecular formula is C55H34N4. The molecule has 0 radical (unpaired) electrons. The van der Waals surface area contributed by atoms with Gasteiger partial charge >= 0.3 is 0 Å². The minimum atomic E-state index is -0.557. The predicted molar refractivity (Wildman–Crippen MR) is 239 cm³/mol. The van der Waals surface area contributed by atoms with Crippen LogP contribution >= 0.6 is 0 Å². The van der Waals surface area contributed by atoms with Crippen molar-refractivity contribution >= 4 is 21.5 Å². The van der Waals surface area contributed by atoms with Crippen LogP contribution in [0.25, 0.3) is 78.0 Å². The second kappa shape index (κ2) is 13.9. The molecule has 59 heavy (non-hydrogen) atoms. The summed E-state index contributed by atoms with van der Waals surface area (Å²) in [7, 11) is 0. The molecule has 10 aromatic rings. The van der Waals surface area contributed by atoms with Crippen molar-refractivity contribution in [1.82, 2.24) is 15.0 Å². The summed E-state index contributed by atoms with van der Waals surface area (Å²) in [5.74, 6) is 1.89. The standard InChI is InChI=1S/C55H34N4/c56-35-36-21-27-46-41(31-36)22-23-42-32-39(24-28-47(42)46)40-25-29-50-48(33-40)49-34-43(26-30-51(49)55(50,44-17-9-3-10-18-44)45-19-11-4-12-20-45)54-58-52(37-13-5-1-6-14-37)57-53(59-54)38-15-7-2-8-16-38/h1-34H. The van der Waals surface area contributed by atoms with E-state index in [0.29, 0.717) is 23.0 Å². The summed E-state index contributed by atoms with van der Waals surface area (Å²) in [5, 5.41) is 14.0. The van der Waals surface area contributed by atoms with Crippen molar-refractivity contribution in [3.63, 3.8) is 0 Å². The first kappa shape index (κ1) is 34.3. The van der Waals surface area contributed by atoms with Gasteiger partial charge in [0.25, 0.3) is 0 Å². The molecule has 0 atom stereocenters. The van der Waals surface area contributed by atoms with Gasteiger partial charge < -0.3 is 0 Å². The minimum absolute atomic E-state index is 0.557. The van der Waals surface area contributed by atoms with E-state index in [-0.39, 0.29) is 0 Å². The van der Waals surface area contributed by atoms with Crippen molar-refractivity contribution < 1.29 is 0 Å². The van der Waals surface area contributed by atoms with Crippen LogP contribution in [0.5, 0.6) is 0 Å². The molecule has 0 N–H and O–H groups in total. The summed E-state index contributed by atoms with van der Waals surface area (Å²) < 4.78 is 0. The van der Waals surface area contributed by atoms with Gasteiger partial charge in [0.2, 0.25) is 0 Å². The predicted octanol–water partition coefficient (Wildman–Crippen LogP) is 13.1. The van der Waals surface area contributed by atoms with Crippen LogP contribution in [0.2, 0.25) is 0 Å². The van der Waals surface area contributed by atoms with E-state index in [0.717, 1.165) is 49.5 Å². The Balaban J connectivity index is 1.14. The highest BCUT2D eigenvalue weighted by molar-refractivity contribution is 6.09. The number of benzene rings is 9.